The molecule has 2 aliphatic heterocycles. The van der Waals surface area contributed by atoms with Crippen LogP contribution in [0.4, 0.5) is 0 Å². The number of aliphatic hydroxyl groups excluding tert-OH is 1. The predicted octanol–water partition coefficient (Wildman–Crippen LogP) is 6.07. The molecular weight excluding hydrogens is 624 g/mol. The third-order valence-electron chi connectivity index (χ3n) is 8.80. The average Bonchev–Trinajstić information content (AvgIpc) is 3.55. The van der Waals surface area contributed by atoms with Gasteiger partial charge in [-0.05, 0) is 86.5 Å². The highest BCUT2D eigenvalue weighted by atomic mass is 16.7. The summed E-state index contributed by atoms with van der Waals surface area (Å²) < 4.78 is 19.0. The Morgan fingerprint density at radius 2 is 1.65 bits per heavy atom. The van der Waals surface area contributed by atoms with Crippen LogP contribution in [0.15, 0.2) is 72.8 Å². The molecule has 10 nitrogen and oxygen atoms in total. The fraction of sp³-hybridized carbons (Fsp3) is 0.462. The van der Waals surface area contributed by atoms with Crippen LogP contribution in [0.5, 0.6) is 0 Å². The zero-order valence-corrected chi connectivity index (χ0v) is 28.6. The van der Waals surface area contributed by atoms with Crippen LogP contribution < -0.4 is 5.32 Å². The fourth-order valence-electron chi connectivity index (χ4n) is 6.39. The number of amides is 1. The lowest BCUT2D eigenvalue weighted by Crippen LogP contribution is -2.45. The van der Waals surface area contributed by atoms with Crippen LogP contribution in [0.25, 0.3) is 11.1 Å². The van der Waals surface area contributed by atoms with E-state index in [0.717, 1.165) is 52.8 Å². The second-order valence-electron chi connectivity index (χ2n) is 13.9. The molecule has 0 bridgehead atoms. The van der Waals surface area contributed by atoms with Crippen LogP contribution in [-0.4, -0.2) is 63.8 Å². The number of hydrogen-bond acceptors (Lipinski definition) is 8. The molecule has 5 rings (SSSR count). The van der Waals surface area contributed by atoms with Gasteiger partial charge in [-0.25, -0.2) is 0 Å². The summed E-state index contributed by atoms with van der Waals surface area (Å²) in [5, 5.41) is 21.3. The van der Waals surface area contributed by atoms with Gasteiger partial charge < -0.3 is 29.7 Å². The summed E-state index contributed by atoms with van der Waals surface area (Å²) in [7, 11) is 0. The number of ether oxygens (including phenoxy) is 3. The Kier molecular flexibility index (Phi) is 12.2. The molecule has 262 valence electrons. The first-order chi connectivity index (χ1) is 23.5. The molecule has 3 aromatic rings. The Morgan fingerprint density at radius 1 is 0.918 bits per heavy atom. The third kappa shape index (κ3) is 10.4. The Bertz CT molecular complexity index is 1580. The number of rotatable bonds is 13. The van der Waals surface area contributed by atoms with E-state index in [-0.39, 0.29) is 49.6 Å². The number of benzene rings is 3. The van der Waals surface area contributed by atoms with Crippen molar-refractivity contribution in [2.45, 2.75) is 103 Å². The Morgan fingerprint density at radius 3 is 2.37 bits per heavy atom. The van der Waals surface area contributed by atoms with Gasteiger partial charge in [0, 0.05) is 37.9 Å². The van der Waals surface area contributed by atoms with E-state index in [1.54, 1.807) is 0 Å². The summed E-state index contributed by atoms with van der Waals surface area (Å²) in [4.78, 5) is 38.2. The molecule has 0 spiro atoms. The second-order valence-corrected chi connectivity index (χ2v) is 13.9. The molecule has 4 atom stereocenters. The molecule has 2 fully saturated rings. The SMILES string of the molecule is CC(C)(C)OC(=O)C1CCCN1CC1CC(c2ccc(CO)cc2)OC(c2cccc(-c3cccc(CNC(=O)CCCC(=O)O)c3)c2)O1. The Hall–Kier alpha value is -4.09. The molecule has 1 amide bonds. The first kappa shape index (κ1) is 36.2. The molecule has 0 saturated carbocycles. The van der Waals surface area contributed by atoms with Crippen LogP contribution >= 0.6 is 0 Å². The number of nitrogens with one attached hydrogen (secondary N) is 1. The van der Waals surface area contributed by atoms with Gasteiger partial charge in [0.2, 0.25) is 5.91 Å². The minimum atomic E-state index is -0.909. The summed E-state index contributed by atoms with van der Waals surface area (Å²) in [5.41, 5.74) is 5.00. The van der Waals surface area contributed by atoms with E-state index in [4.69, 9.17) is 19.3 Å². The van der Waals surface area contributed by atoms with Gasteiger partial charge in [-0.1, -0.05) is 60.7 Å². The van der Waals surface area contributed by atoms with Gasteiger partial charge in [0.1, 0.15) is 11.6 Å². The Labute approximate surface area is 288 Å². The molecular formula is C39H48N2O8. The highest BCUT2D eigenvalue weighted by molar-refractivity contribution is 5.77. The zero-order valence-electron chi connectivity index (χ0n) is 28.6. The summed E-state index contributed by atoms with van der Waals surface area (Å²) in [6, 6.07) is 23.4. The molecule has 0 aromatic heterocycles. The number of carbonyl (C=O) groups is 3. The van der Waals surface area contributed by atoms with Gasteiger partial charge in [-0.15, -0.1) is 0 Å². The topological polar surface area (TPSA) is 135 Å². The number of nitrogens with zero attached hydrogens (tertiary/aromatic N) is 1. The molecule has 3 aromatic carbocycles. The number of hydrogen-bond donors (Lipinski definition) is 3. The maximum absolute atomic E-state index is 13.1. The van der Waals surface area contributed by atoms with Crippen LogP contribution in [-0.2, 0) is 41.7 Å². The largest absolute Gasteiger partial charge is 0.481 e. The molecule has 49 heavy (non-hydrogen) atoms. The van der Waals surface area contributed by atoms with E-state index in [1.807, 2.05) is 87.5 Å². The molecule has 2 saturated heterocycles. The second kappa shape index (κ2) is 16.5. The third-order valence-corrected chi connectivity index (χ3v) is 8.80. The van der Waals surface area contributed by atoms with E-state index >= 15 is 0 Å². The van der Waals surface area contributed by atoms with E-state index in [9.17, 15) is 19.5 Å². The van der Waals surface area contributed by atoms with Crippen molar-refractivity contribution in [3.8, 4) is 11.1 Å². The maximum atomic E-state index is 13.1. The number of aliphatic hydroxyl groups is 1. The average molecular weight is 673 g/mol. The first-order valence-corrected chi connectivity index (χ1v) is 17.1. The van der Waals surface area contributed by atoms with Crippen molar-refractivity contribution in [1.29, 1.82) is 0 Å². The van der Waals surface area contributed by atoms with Gasteiger partial charge in [0.15, 0.2) is 6.29 Å². The molecule has 10 heteroatoms. The molecule has 2 heterocycles. The number of esters is 1. The van der Waals surface area contributed by atoms with Crippen LogP contribution in [0, 0.1) is 0 Å². The van der Waals surface area contributed by atoms with Gasteiger partial charge in [0.05, 0.1) is 18.8 Å². The Balaban J connectivity index is 1.32. The van der Waals surface area contributed by atoms with Gasteiger partial charge >= 0.3 is 11.9 Å². The van der Waals surface area contributed by atoms with Crippen molar-refractivity contribution >= 4 is 17.8 Å². The van der Waals surface area contributed by atoms with Gasteiger partial charge in [-0.2, -0.15) is 0 Å². The van der Waals surface area contributed by atoms with Crippen molar-refractivity contribution in [3.05, 3.63) is 95.1 Å². The van der Waals surface area contributed by atoms with Crippen molar-refractivity contribution in [3.63, 3.8) is 0 Å². The van der Waals surface area contributed by atoms with Gasteiger partial charge in [0.25, 0.3) is 0 Å². The van der Waals surface area contributed by atoms with E-state index in [2.05, 4.69) is 16.3 Å². The van der Waals surface area contributed by atoms with Crippen molar-refractivity contribution in [2.75, 3.05) is 13.1 Å². The van der Waals surface area contributed by atoms with Crippen LogP contribution in [0.2, 0.25) is 0 Å². The van der Waals surface area contributed by atoms with Crippen LogP contribution in [0.1, 0.15) is 93.9 Å². The lowest BCUT2D eigenvalue weighted by atomic mass is 9.98. The number of likely N-dealkylation sites (tertiary alicyclic amines) is 1. The summed E-state index contributed by atoms with van der Waals surface area (Å²) in [6.45, 7) is 7.33. The van der Waals surface area contributed by atoms with Crippen molar-refractivity contribution in [2.24, 2.45) is 0 Å². The smallest absolute Gasteiger partial charge is 0.323 e. The summed E-state index contributed by atoms with van der Waals surface area (Å²) in [6.07, 6.45) is 1.59. The standard InChI is InChI=1S/C39H48N2O8/c1-39(2,3)49-37(46)33-12-7-19-41(33)24-32-22-34(28-17-15-26(25-42)16-18-28)48-38(47-32)31-11-5-10-30(21-31)29-9-4-8-27(20-29)23-40-35(43)13-6-14-36(44)45/h4-5,8-11,15-18,20-21,32-34,38,42H,6-7,12-14,19,22-25H2,1-3H3,(H,40,43)(H,44,45). The fourth-order valence-corrected chi connectivity index (χ4v) is 6.39. The van der Waals surface area contributed by atoms with E-state index in [0.29, 0.717) is 25.9 Å². The summed E-state index contributed by atoms with van der Waals surface area (Å²) in [5.74, 6) is -1.29. The quantitative estimate of drug-likeness (QED) is 0.185. The number of carbonyl (C=O) groups excluding carboxylic acids is 2. The lowest BCUT2D eigenvalue weighted by molar-refractivity contribution is -0.253. The molecule has 0 aliphatic carbocycles. The zero-order chi connectivity index (χ0) is 35.0. The number of aliphatic carboxylic acids is 1. The predicted molar refractivity (Wildman–Crippen MR) is 184 cm³/mol. The van der Waals surface area contributed by atoms with E-state index in [1.165, 1.54) is 0 Å². The van der Waals surface area contributed by atoms with Gasteiger partial charge in [-0.3, -0.25) is 19.3 Å². The highest BCUT2D eigenvalue weighted by Crippen LogP contribution is 2.39. The number of carboxylic acid groups (broad SMARTS) is 1. The molecule has 2 aliphatic rings. The lowest BCUT2D eigenvalue weighted by Gasteiger charge is -2.38. The summed E-state index contributed by atoms with van der Waals surface area (Å²) >= 11 is 0. The normalized spacial score (nSPS) is 21.3. The highest BCUT2D eigenvalue weighted by Gasteiger charge is 2.39. The first-order valence-electron chi connectivity index (χ1n) is 17.1. The molecule has 4 unspecified atom stereocenters. The minimum Gasteiger partial charge on any atom is -0.481 e. The minimum absolute atomic E-state index is 0.0317. The van der Waals surface area contributed by atoms with Crippen LogP contribution in [0.3, 0.4) is 0 Å². The molecule has 0 radical (unpaired) electrons. The monoisotopic (exact) mass is 672 g/mol. The maximum Gasteiger partial charge on any atom is 0.323 e. The van der Waals surface area contributed by atoms with Crippen molar-refractivity contribution in [1.82, 2.24) is 10.2 Å². The van der Waals surface area contributed by atoms with Crippen molar-refractivity contribution < 1.29 is 38.8 Å². The molecule has 3 N–H and O–H groups in total. The van der Waals surface area contributed by atoms with E-state index < -0.39 is 17.9 Å². The number of carboxylic acids is 1.